The molecule has 4 aliphatic heterocycles. The Morgan fingerprint density at radius 2 is 1.89 bits per heavy atom. The minimum absolute atomic E-state index is 0.160. The van der Waals surface area contributed by atoms with Crippen LogP contribution in [0.3, 0.4) is 0 Å². The zero-order chi connectivity index (χ0) is 30.8. The summed E-state index contributed by atoms with van der Waals surface area (Å²) in [6.07, 6.45) is 8.36. The Kier molecular flexibility index (Phi) is 8.84. The predicted molar refractivity (Wildman–Crippen MR) is 166 cm³/mol. The van der Waals surface area contributed by atoms with E-state index < -0.39 is 0 Å². The molecule has 12 heteroatoms. The number of pyridine rings is 1. The summed E-state index contributed by atoms with van der Waals surface area (Å²) in [5.74, 6) is 1.19. The molecule has 6 heterocycles. The van der Waals surface area contributed by atoms with Gasteiger partial charge in [0.15, 0.2) is 5.82 Å². The summed E-state index contributed by atoms with van der Waals surface area (Å²) >= 11 is 0. The molecule has 2 atom stereocenters. The molecule has 11 nitrogen and oxygen atoms in total. The van der Waals surface area contributed by atoms with Crippen LogP contribution in [0, 0.1) is 17.1 Å². The molecular weight excluding hydrogens is 561 g/mol. The first-order chi connectivity index (χ1) is 21.4. The van der Waals surface area contributed by atoms with Gasteiger partial charge in [-0.05, 0) is 58.2 Å². The fraction of sp³-hybridized carbons (Fsp3) is 0.594. The van der Waals surface area contributed by atoms with Crippen LogP contribution in [0.25, 0.3) is 0 Å². The maximum Gasteiger partial charge on any atom is 0.318 e. The number of aromatic nitrogens is 3. The van der Waals surface area contributed by atoms with E-state index in [0.717, 1.165) is 85.9 Å². The number of amides is 1. The Hall–Kier alpha value is -3.98. The normalized spacial score (nSPS) is 22.2. The van der Waals surface area contributed by atoms with Crippen molar-refractivity contribution in [3.63, 3.8) is 0 Å². The highest BCUT2D eigenvalue weighted by Gasteiger charge is 2.34. The molecule has 234 valence electrons. The SMILES string of the molecule is C=CC(=O)N1CCN(c2nc(OC[C@@H]3CCCN3C)nc3c2CCCN(c2ncc(F)c4c2N(C)CCC4)C3)C[C@@H]1CC#N. The first-order valence-electron chi connectivity index (χ1n) is 15.8. The van der Waals surface area contributed by atoms with Gasteiger partial charge in [0.1, 0.15) is 18.2 Å². The van der Waals surface area contributed by atoms with Crippen molar-refractivity contribution in [2.75, 3.05) is 74.7 Å². The number of fused-ring (bicyclic) bond motifs is 2. The molecule has 2 aromatic rings. The number of rotatable bonds is 7. The van der Waals surface area contributed by atoms with E-state index in [1.807, 2.05) is 7.05 Å². The highest BCUT2D eigenvalue weighted by Crippen LogP contribution is 2.38. The number of piperazine rings is 1. The van der Waals surface area contributed by atoms with Crippen molar-refractivity contribution >= 4 is 23.2 Å². The van der Waals surface area contributed by atoms with E-state index in [1.165, 1.54) is 12.3 Å². The molecule has 2 fully saturated rings. The summed E-state index contributed by atoms with van der Waals surface area (Å²) < 4.78 is 21.1. The van der Waals surface area contributed by atoms with Gasteiger partial charge in [0.2, 0.25) is 5.91 Å². The van der Waals surface area contributed by atoms with Crippen molar-refractivity contribution < 1.29 is 13.9 Å². The average Bonchev–Trinajstić information content (AvgIpc) is 3.32. The summed E-state index contributed by atoms with van der Waals surface area (Å²) in [4.78, 5) is 37.7. The zero-order valence-electron chi connectivity index (χ0n) is 25.8. The van der Waals surface area contributed by atoms with Gasteiger partial charge in [0.05, 0.1) is 42.7 Å². The largest absolute Gasteiger partial charge is 0.462 e. The Morgan fingerprint density at radius 3 is 2.66 bits per heavy atom. The number of nitriles is 1. The van der Waals surface area contributed by atoms with Crippen LogP contribution < -0.4 is 19.4 Å². The Morgan fingerprint density at radius 1 is 1.07 bits per heavy atom. The van der Waals surface area contributed by atoms with Crippen LogP contribution >= 0.6 is 0 Å². The topological polar surface area (TPSA) is 105 Å². The molecule has 0 unspecified atom stereocenters. The molecule has 0 aromatic carbocycles. The van der Waals surface area contributed by atoms with E-state index in [2.05, 4.69) is 44.3 Å². The zero-order valence-corrected chi connectivity index (χ0v) is 25.8. The van der Waals surface area contributed by atoms with Crippen LogP contribution in [-0.4, -0.2) is 103 Å². The Bertz CT molecular complexity index is 1450. The molecule has 2 aromatic heterocycles. The molecule has 0 spiro atoms. The van der Waals surface area contributed by atoms with Gasteiger partial charge in [0.25, 0.3) is 0 Å². The van der Waals surface area contributed by atoms with Crippen LogP contribution in [0.5, 0.6) is 6.01 Å². The smallest absolute Gasteiger partial charge is 0.318 e. The highest BCUT2D eigenvalue weighted by molar-refractivity contribution is 5.87. The van der Waals surface area contributed by atoms with Gasteiger partial charge in [0, 0.05) is 56.9 Å². The standard InChI is InChI=1S/C32H42FN9O2/c1-4-28(43)42-17-16-41(19-22(42)11-12-34)30-25-10-7-15-40(31-29-24(26(33)18-35-31)9-6-14-39(29)3)20-27(25)36-32(37-30)44-21-23-8-5-13-38(23)2/h4,18,22-23H,1,5-11,13-17,19-21H2,2-3H3/t22-,23-/m0/s1. The van der Waals surface area contributed by atoms with Gasteiger partial charge in [-0.25, -0.2) is 9.37 Å². The van der Waals surface area contributed by atoms with Gasteiger partial charge in [-0.15, -0.1) is 0 Å². The molecule has 0 N–H and O–H groups in total. The van der Waals surface area contributed by atoms with E-state index >= 15 is 0 Å². The van der Waals surface area contributed by atoms with Gasteiger partial charge in [-0.1, -0.05) is 6.58 Å². The van der Waals surface area contributed by atoms with Gasteiger partial charge in [-0.2, -0.15) is 15.2 Å². The van der Waals surface area contributed by atoms with Crippen molar-refractivity contribution in [1.29, 1.82) is 5.26 Å². The third-order valence-electron chi connectivity index (χ3n) is 9.58. The molecule has 44 heavy (non-hydrogen) atoms. The van der Waals surface area contributed by atoms with Crippen molar-refractivity contribution in [3.05, 3.63) is 41.5 Å². The van der Waals surface area contributed by atoms with Crippen LogP contribution in [0.4, 0.5) is 21.7 Å². The molecule has 0 saturated carbocycles. The molecular formula is C32H42FN9O2. The van der Waals surface area contributed by atoms with Gasteiger partial charge in [-0.3, -0.25) is 4.79 Å². The highest BCUT2D eigenvalue weighted by atomic mass is 19.1. The lowest BCUT2D eigenvalue weighted by atomic mass is 10.0. The average molecular weight is 604 g/mol. The lowest BCUT2D eigenvalue weighted by Crippen LogP contribution is -2.55. The monoisotopic (exact) mass is 603 g/mol. The van der Waals surface area contributed by atoms with Crippen LogP contribution in [0.1, 0.15) is 48.9 Å². The number of ether oxygens (including phenoxy) is 1. The molecule has 6 rings (SSSR count). The molecule has 2 saturated heterocycles. The van der Waals surface area contributed by atoms with Crippen molar-refractivity contribution in [2.24, 2.45) is 0 Å². The summed E-state index contributed by atoms with van der Waals surface area (Å²) in [6, 6.07) is 2.64. The van der Waals surface area contributed by atoms with Gasteiger partial charge >= 0.3 is 6.01 Å². The third kappa shape index (κ3) is 5.89. The molecule has 4 aliphatic rings. The second-order valence-corrected chi connectivity index (χ2v) is 12.3. The molecule has 0 aliphatic carbocycles. The van der Waals surface area contributed by atoms with Crippen LogP contribution in [-0.2, 0) is 24.2 Å². The summed E-state index contributed by atoms with van der Waals surface area (Å²) in [6.45, 7) is 8.87. The number of halogens is 1. The first kappa shape index (κ1) is 30.1. The first-order valence-corrected chi connectivity index (χ1v) is 15.8. The number of hydrogen-bond donors (Lipinski definition) is 0. The van der Waals surface area contributed by atoms with Gasteiger partial charge < -0.3 is 29.2 Å². The maximum absolute atomic E-state index is 14.8. The molecule has 1 amide bonds. The number of likely N-dealkylation sites (N-methyl/N-ethyl adjacent to an activating group) is 1. The van der Waals surface area contributed by atoms with Crippen LogP contribution in [0.15, 0.2) is 18.9 Å². The predicted octanol–water partition coefficient (Wildman–Crippen LogP) is 2.94. The molecule has 0 bridgehead atoms. The second-order valence-electron chi connectivity index (χ2n) is 12.3. The summed E-state index contributed by atoms with van der Waals surface area (Å²) in [7, 11) is 4.13. The van der Waals surface area contributed by atoms with Crippen LogP contribution in [0.2, 0.25) is 0 Å². The number of carbonyl (C=O) groups excluding carboxylic acids is 1. The fourth-order valence-electron chi connectivity index (χ4n) is 7.17. The fourth-order valence-corrected chi connectivity index (χ4v) is 7.17. The van der Waals surface area contributed by atoms with Crippen molar-refractivity contribution in [2.45, 2.75) is 63.6 Å². The number of likely N-dealkylation sites (tertiary alicyclic amines) is 1. The van der Waals surface area contributed by atoms with Crippen molar-refractivity contribution in [1.82, 2.24) is 24.8 Å². The summed E-state index contributed by atoms with van der Waals surface area (Å²) in [5.41, 5.74) is 3.54. The third-order valence-corrected chi connectivity index (χ3v) is 9.58. The lowest BCUT2D eigenvalue weighted by Gasteiger charge is -2.41. The number of hydrogen-bond acceptors (Lipinski definition) is 10. The van der Waals surface area contributed by atoms with E-state index in [4.69, 9.17) is 14.7 Å². The number of nitrogens with zero attached hydrogens (tertiary/aromatic N) is 9. The van der Waals surface area contributed by atoms with Crippen molar-refractivity contribution in [3.8, 4) is 12.1 Å². The Balaban J connectivity index is 1.35. The lowest BCUT2D eigenvalue weighted by molar-refractivity contribution is -0.128. The summed E-state index contributed by atoms with van der Waals surface area (Å²) in [5, 5.41) is 9.55. The van der Waals surface area contributed by atoms with E-state index in [9.17, 15) is 14.4 Å². The minimum Gasteiger partial charge on any atom is -0.462 e. The molecule has 0 radical (unpaired) electrons. The quantitative estimate of drug-likeness (QED) is 0.439. The number of carbonyl (C=O) groups is 1. The second kappa shape index (κ2) is 12.9. The van der Waals surface area contributed by atoms with E-state index in [-0.39, 0.29) is 24.2 Å². The van der Waals surface area contributed by atoms with E-state index in [1.54, 1.807) is 4.90 Å². The minimum atomic E-state index is -0.269. The number of anilines is 3. The maximum atomic E-state index is 14.8. The van der Waals surface area contributed by atoms with E-state index in [0.29, 0.717) is 51.3 Å². The Labute approximate surface area is 258 Å².